The maximum atomic E-state index is 12.1. The summed E-state index contributed by atoms with van der Waals surface area (Å²) >= 11 is 1.49. The smallest absolute Gasteiger partial charge is 0.273 e. The van der Waals surface area contributed by atoms with Crippen LogP contribution < -0.4 is 5.32 Å². The van der Waals surface area contributed by atoms with Crippen LogP contribution in [0.25, 0.3) is 0 Å². The van der Waals surface area contributed by atoms with Gasteiger partial charge in [0.05, 0.1) is 12.7 Å². The van der Waals surface area contributed by atoms with E-state index in [9.17, 15) is 9.90 Å². The fourth-order valence-corrected chi connectivity index (χ4v) is 3.50. The molecule has 0 saturated heterocycles. The Morgan fingerprint density at radius 1 is 1.46 bits per heavy atom. The molecule has 0 aromatic carbocycles. The summed E-state index contributed by atoms with van der Waals surface area (Å²) in [6.45, 7) is 0.906. The number of hydrogen-bond donors (Lipinski definition) is 2. The molecule has 1 amide bonds. The zero-order valence-electron chi connectivity index (χ0n) is 13.5. The second kappa shape index (κ2) is 8.21. The monoisotopic (exact) mass is 346 g/mol. The quantitative estimate of drug-likeness (QED) is 0.756. The largest absolute Gasteiger partial charge is 0.386 e. The molecule has 2 heterocycles. The topological polar surface area (TPSA) is 80.0 Å². The van der Waals surface area contributed by atoms with Gasteiger partial charge in [-0.25, -0.2) is 4.68 Å². The number of carbonyl (C=O) groups excluding carboxylic acids is 1. The van der Waals surface area contributed by atoms with E-state index in [2.05, 4.69) is 21.7 Å². The van der Waals surface area contributed by atoms with E-state index in [0.717, 1.165) is 24.1 Å². The van der Waals surface area contributed by atoms with Crippen LogP contribution in [0.2, 0.25) is 0 Å². The number of amides is 1. The second-order valence-electron chi connectivity index (χ2n) is 5.97. The normalized spacial score (nSPS) is 15.8. The van der Waals surface area contributed by atoms with Crippen LogP contribution in [0.4, 0.5) is 0 Å². The van der Waals surface area contributed by atoms with Crippen molar-refractivity contribution in [2.75, 3.05) is 6.54 Å². The molecular formula is C17H22N4O2S. The number of carbonyl (C=O) groups is 1. The molecule has 0 radical (unpaired) electrons. The standard InChI is InChI=1S/C17H22N4O2S/c22-15(16-7-4-10-24-16)12-21-11-14(19-20-21)17(23)18-9-8-13-5-2-1-3-6-13/h4-5,7,10-11,15,22H,1-3,6,8-9,12H2,(H,18,23)/t15-/m0/s1. The summed E-state index contributed by atoms with van der Waals surface area (Å²) in [6, 6.07) is 3.77. The van der Waals surface area contributed by atoms with Gasteiger partial charge < -0.3 is 10.4 Å². The molecule has 0 unspecified atom stereocenters. The van der Waals surface area contributed by atoms with Crippen molar-refractivity contribution in [2.45, 2.75) is 44.8 Å². The van der Waals surface area contributed by atoms with Crippen LogP contribution in [0.15, 0.2) is 35.4 Å². The maximum absolute atomic E-state index is 12.1. The van der Waals surface area contributed by atoms with Crippen molar-refractivity contribution in [1.82, 2.24) is 20.3 Å². The van der Waals surface area contributed by atoms with Crippen LogP contribution in [0.3, 0.4) is 0 Å². The molecule has 3 rings (SSSR count). The van der Waals surface area contributed by atoms with Gasteiger partial charge in [-0.2, -0.15) is 0 Å². The zero-order chi connectivity index (χ0) is 16.8. The van der Waals surface area contributed by atoms with Crippen LogP contribution in [-0.4, -0.2) is 32.6 Å². The van der Waals surface area contributed by atoms with Crippen molar-refractivity contribution < 1.29 is 9.90 Å². The molecule has 7 heteroatoms. The van der Waals surface area contributed by atoms with E-state index in [-0.39, 0.29) is 18.1 Å². The third kappa shape index (κ3) is 4.52. The minimum Gasteiger partial charge on any atom is -0.386 e. The van der Waals surface area contributed by atoms with Crippen molar-refractivity contribution >= 4 is 17.2 Å². The van der Waals surface area contributed by atoms with Crippen molar-refractivity contribution in [3.05, 3.63) is 45.9 Å². The summed E-state index contributed by atoms with van der Waals surface area (Å²) in [6.07, 6.45) is 8.95. The first-order valence-corrected chi connectivity index (χ1v) is 9.18. The molecule has 2 aromatic heterocycles. The molecule has 1 aliphatic rings. The molecule has 6 nitrogen and oxygen atoms in total. The van der Waals surface area contributed by atoms with E-state index in [1.807, 2.05) is 17.5 Å². The van der Waals surface area contributed by atoms with Crippen molar-refractivity contribution in [1.29, 1.82) is 0 Å². The molecule has 2 N–H and O–H groups in total. The lowest BCUT2D eigenvalue weighted by Gasteiger charge is -2.12. The van der Waals surface area contributed by atoms with Gasteiger partial charge in [0.15, 0.2) is 5.69 Å². The Hall–Kier alpha value is -1.99. The van der Waals surface area contributed by atoms with Gasteiger partial charge in [0.1, 0.15) is 6.10 Å². The number of rotatable bonds is 7. The molecule has 0 spiro atoms. The molecule has 1 aliphatic carbocycles. The van der Waals surface area contributed by atoms with E-state index in [1.165, 1.54) is 34.4 Å². The summed E-state index contributed by atoms with van der Waals surface area (Å²) < 4.78 is 1.50. The van der Waals surface area contributed by atoms with E-state index in [0.29, 0.717) is 6.54 Å². The lowest BCUT2D eigenvalue weighted by atomic mass is 9.97. The Labute approximate surface area is 145 Å². The highest BCUT2D eigenvalue weighted by Gasteiger charge is 2.14. The number of allylic oxidation sites excluding steroid dienone is 1. The Morgan fingerprint density at radius 3 is 3.12 bits per heavy atom. The Balaban J connectivity index is 1.47. The fraction of sp³-hybridized carbons (Fsp3) is 0.471. The van der Waals surface area contributed by atoms with Crippen LogP contribution in [-0.2, 0) is 6.54 Å². The van der Waals surface area contributed by atoms with Crippen molar-refractivity contribution in [2.24, 2.45) is 0 Å². The Bertz CT molecular complexity index is 693. The van der Waals surface area contributed by atoms with Gasteiger partial charge in [-0.3, -0.25) is 4.79 Å². The van der Waals surface area contributed by atoms with Gasteiger partial charge in [0.2, 0.25) is 0 Å². The van der Waals surface area contributed by atoms with Gasteiger partial charge in [0.25, 0.3) is 5.91 Å². The SMILES string of the molecule is O=C(NCCC1=CCCCC1)c1cn(C[C@H](O)c2cccs2)nn1. The highest BCUT2D eigenvalue weighted by molar-refractivity contribution is 7.10. The van der Waals surface area contributed by atoms with Crippen LogP contribution in [0.5, 0.6) is 0 Å². The lowest BCUT2D eigenvalue weighted by Crippen LogP contribution is -2.25. The molecule has 24 heavy (non-hydrogen) atoms. The molecule has 128 valence electrons. The molecule has 1 atom stereocenters. The highest BCUT2D eigenvalue weighted by Crippen LogP contribution is 2.20. The third-order valence-electron chi connectivity index (χ3n) is 4.12. The fourth-order valence-electron chi connectivity index (χ4n) is 2.80. The summed E-state index contributed by atoms with van der Waals surface area (Å²) in [7, 11) is 0. The minimum atomic E-state index is -0.638. The summed E-state index contributed by atoms with van der Waals surface area (Å²) in [5.41, 5.74) is 1.72. The number of aliphatic hydroxyl groups is 1. The van der Waals surface area contributed by atoms with E-state index in [4.69, 9.17) is 0 Å². The van der Waals surface area contributed by atoms with Crippen LogP contribution in [0, 0.1) is 0 Å². The molecular weight excluding hydrogens is 324 g/mol. The van der Waals surface area contributed by atoms with E-state index in [1.54, 1.807) is 6.20 Å². The Kier molecular flexibility index (Phi) is 5.77. The molecule has 0 bridgehead atoms. The zero-order valence-corrected chi connectivity index (χ0v) is 14.3. The maximum Gasteiger partial charge on any atom is 0.273 e. The Morgan fingerprint density at radius 2 is 2.38 bits per heavy atom. The van der Waals surface area contributed by atoms with Gasteiger partial charge in [0, 0.05) is 11.4 Å². The predicted octanol–water partition coefficient (Wildman–Crippen LogP) is 2.69. The summed E-state index contributed by atoms with van der Waals surface area (Å²) in [4.78, 5) is 13.0. The molecule has 2 aromatic rings. The van der Waals surface area contributed by atoms with Crippen molar-refractivity contribution in [3.8, 4) is 0 Å². The average Bonchev–Trinajstić information content (AvgIpc) is 3.27. The van der Waals surface area contributed by atoms with Crippen LogP contribution in [0.1, 0.15) is 53.6 Å². The third-order valence-corrected chi connectivity index (χ3v) is 5.09. The molecule has 0 saturated carbocycles. The number of nitrogens with one attached hydrogen (secondary N) is 1. The first kappa shape index (κ1) is 16.9. The number of aromatic nitrogens is 3. The predicted molar refractivity (Wildman–Crippen MR) is 92.8 cm³/mol. The molecule has 0 fully saturated rings. The number of nitrogens with zero attached hydrogens (tertiary/aromatic N) is 3. The first-order valence-electron chi connectivity index (χ1n) is 8.30. The molecule has 0 aliphatic heterocycles. The number of hydrogen-bond acceptors (Lipinski definition) is 5. The first-order chi connectivity index (χ1) is 11.7. The van der Waals surface area contributed by atoms with Gasteiger partial charge in [-0.05, 0) is 43.6 Å². The van der Waals surface area contributed by atoms with Crippen LogP contribution >= 0.6 is 11.3 Å². The number of aliphatic hydroxyl groups excluding tert-OH is 1. The second-order valence-corrected chi connectivity index (χ2v) is 6.95. The number of thiophene rings is 1. The summed E-state index contributed by atoms with van der Waals surface area (Å²) in [5.74, 6) is -0.219. The van der Waals surface area contributed by atoms with Crippen molar-refractivity contribution in [3.63, 3.8) is 0 Å². The van der Waals surface area contributed by atoms with Gasteiger partial charge in [-0.1, -0.05) is 22.9 Å². The lowest BCUT2D eigenvalue weighted by molar-refractivity contribution is 0.0948. The van der Waals surface area contributed by atoms with Gasteiger partial charge >= 0.3 is 0 Å². The van der Waals surface area contributed by atoms with E-state index < -0.39 is 6.10 Å². The van der Waals surface area contributed by atoms with E-state index >= 15 is 0 Å². The van der Waals surface area contributed by atoms with Gasteiger partial charge in [-0.15, -0.1) is 16.4 Å². The highest BCUT2D eigenvalue weighted by atomic mass is 32.1. The summed E-state index contributed by atoms with van der Waals surface area (Å²) in [5, 5.41) is 22.7. The minimum absolute atomic E-state index is 0.219. The average molecular weight is 346 g/mol.